The van der Waals surface area contributed by atoms with Gasteiger partial charge >= 0.3 is 0 Å². The number of rotatable bonds is 2. The first-order valence-electron chi connectivity index (χ1n) is 9.44. The number of thiophene rings is 1. The van der Waals surface area contributed by atoms with Crippen LogP contribution in [0.25, 0.3) is 10.2 Å². The lowest BCUT2D eigenvalue weighted by Gasteiger charge is -2.35. The average molecular weight is 401 g/mol. The highest BCUT2D eigenvalue weighted by Crippen LogP contribution is 2.41. The Morgan fingerprint density at radius 2 is 1.81 bits per heavy atom. The highest BCUT2D eigenvalue weighted by molar-refractivity contribution is 7.19. The van der Waals surface area contributed by atoms with Crippen LogP contribution in [0.2, 0.25) is 5.28 Å². The molecule has 1 saturated heterocycles. The summed E-state index contributed by atoms with van der Waals surface area (Å²) in [5.41, 5.74) is 1.45. The van der Waals surface area contributed by atoms with Crippen LogP contribution in [0.1, 0.15) is 23.8 Å². The molecular formula is C19H21ClN6S. The zero-order chi connectivity index (χ0) is 18.4. The third-order valence-electron chi connectivity index (χ3n) is 5.52. The van der Waals surface area contributed by atoms with Crippen molar-refractivity contribution < 1.29 is 0 Å². The van der Waals surface area contributed by atoms with Gasteiger partial charge in [0.25, 0.3) is 0 Å². The molecule has 5 rings (SSSR count). The van der Waals surface area contributed by atoms with Crippen LogP contribution in [-0.4, -0.2) is 46.1 Å². The maximum absolute atomic E-state index is 6.29. The first-order chi connectivity index (χ1) is 13.2. The molecule has 0 N–H and O–H groups in total. The van der Waals surface area contributed by atoms with Crippen LogP contribution in [0, 0.1) is 5.92 Å². The van der Waals surface area contributed by atoms with E-state index in [1.807, 2.05) is 6.07 Å². The number of hydrogen-bond acceptors (Lipinski definition) is 7. The van der Waals surface area contributed by atoms with Gasteiger partial charge in [0.2, 0.25) is 11.2 Å². The molecule has 1 aliphatic heterocycles. The monoisotopic (exact) mass is 400 g/mol. The Hall–Kier alpha value is -1.99. The molecule has 140 valence electrons. The number of hydrogen-bond donors (Lipinski definition) is 0. The number of piperazine rings is 1. The van der Waals surface area contributed by atoms with E-state index < -0.39 is 0 Å². The molecule has 3 aromatic rings. The van der Waals surface area contributed by atoms with Crippen molar-refractivity contribution in [1.29, 1.82) is 0 Å². The molecule has 4 heterocycles. The summed E-state index contributed by atoms with van der Waals surface area (Å²) in [4.78, 5) is 25.0. The summed E-state index contributed by atoms with van der Waals surface area (Å²) in [6.45, 7) is 5.83. The highest BCUT2D eigenvalue weighted by Gasteiger charge is 2.27. The SMILES string of the molecule is CC1CCc2c(sc3nc(Cl)nc(N4CCN(c5ncccn5)CC4)c23)C1. The van der Waals surface area contributed by atoms with Gasteiger partial charge in [0, 0.05) is 43.4 Å². The van der Waals surface area contributed by atoms with Crippen molar-refractivity contribution in [3.63, 3.8) is 0 Å². The number of aromatic nitrogens is 4. The van der Waals surface area contributed by atoms with E-state index in [2.05, 4.69) is 36.7 Å². The van der Waals surface area contributed by atoms with Gasteiger partial charge in [0.05, 0.1) is 5.39 Å². The summed E-state index contributed by atoms with van der Waals surface area (Å²) in [6.07, 6.45) is 7.08. The van der Waals surface area contributed by atoms with Crippen LogP contribution >= 0.6 is 22.9 Å². The molecule has 27 heavy (non-hydrogen) atoms. The first kappa shape index (κ1) is 17.1. The molecule has 1 unspecified atom stereocenters. The smallest absolute Gasteiger partial charge is 0.225 e. The van der Waals surface area contributed by atoms with Crippen LogP contribution in [0.5, 0.6) is 0 Å². The molecule has 0 saturated carbocycles. The van der Waals surface area contributed by atoms with Gasteiger partial charge in [-0.05, 0) is 48.4 Å². The second-order valence-corrected chi connectivity index (χ2v) is 8.79. The van der Waals surface area contributed by atoms with E-state index >= 15 is 0 Å². The number of fused-ring (bicyclic) bond motifs is 3. The summed E-state index contributed by atoms with van der Waals surface area (Å²) >= 11 is 8.09. The largest absolute Gasteiger partial charge is 0.352 e. The van der Waals surface area contributed by atoms with Crippen molar-refractivity contribution >= 4 is 44.9 Å². The molecule has 8 heteroatoms. The van der Waals surface area contributed by atoms with E-state index in [1.54, 1.807) is 23.7 Å². The second kappa shape index (κ2) is 6.87. The zero-order valence-corrected chi connectivity index (χ0v) is 16.8. The molecule has 0 amide bonds. The maximum Gasteiger partial charge on any atom is 0.225 e. The van der Waals surface area contributed by atoms with Crippen LogP contribution < -0.4 is 9.80 Å². The predicted molar refractivity (Wildman–Crippen MR) is 110 cm³/mol. The van der Waals surface area contributed by atoms with Crippen molar-refractivity contribution in [2.24, 2.45) is 5.92 Å². The fraction of sp³-hybridized carbons (Fsp3) is 0.474. The molecule has 1 atom stereocenters. The third kappa shape index (κ3) is 3.12. The van der Waals surface area contributed by atoms with Crippen LogP contribution in [0.3, 0.4) is 0 Å². The van der Waals surface area contributed by atoms with Gasteiger partial charge in [0.15, 0.2) is 0 Å². The molecule has 6 nitrogen and oxygen atoms in total. The lowest BCUT2D eigenvalue weighted by Crippen LogP contribution is -2.47. The van der Waals surface area contributed by atoms with E-state index in [0.29, 0.717) is 5.28 Å². The number of halogens is 1. The molecule has 3 aromatic heterocycles. The number of anilines is 2. The molecule has 0 bridgehead atoms. The molecule has 2 aliphatic rings. The van der Waals surface area contributed by atoms with Gasteiger partial charge in [-0.15, -0.1) is 11.3 Å². The Bertz CT molecular complexity index is 967. The molecule has 0 aromatic carbocycles. The standard InChI is InChI=1S/C19H21ClN6S/c1-12-3-4-13-14(11-12)27-17-15(13)16(23-18(20)24-17)25-7-9-26(10-8-25)19-21-5-2-6-22-19/h2,5-6,12H,3-4,7-11H2,1H3. The lowest BCUT2D eigenvalue weighted by molar-refractivity contribution is 0.509. The first-order valence-corrected chi connectivity index (χ1v) is 10.6. The van der Waals surface area contributed by atoms with Crippen LogP contribution in [-0.2, 0) is 12.8 Å². The third-order valence-corrected chi connectivity index (χ3v) is 6.84. The maximum atomic E-state index is 6.29. The quantitative estimate of drug-likeness (QED) is 0.613. The lowest BCUT2D eigenvalue weighted by atomic mass is 9.89. The van der Waals surface area contributed by atoms with Crippen molar-refractivity contribution in [3.05, 3.63) is 34.2 Å². The van der Waals surface area contributed by atoms with Gasteiger partial charge in [0.1, 0.15) is 10.6 Å². The topological polar surface area (TPSA) is 58.0 Å². The summed E-state index contributed by atoms with van der Waals surface area (Å²) in [5.74, 6) is 2.54. The molecule has 0 radical (unpaired) electrons. The van der Waals surface area contributed by atoms with Crippen LogP contribution in [0.4, 0.5) is 11.8 Å². The summed E-state index contributed by atoms with van der Waals surface area (Å²) in [7, 11) is 0. The Morgan fingerprint density at radius 1 is 1.07 bits per heavy atom. The van der Waals surface area contributed by atoms with Gasteiger partial charge < -0.3 is 9.80 Å². The predicted octanol–water partition coefficient (Wildman–Crippen LogP) is 3.59. The summed E-state index contributed by atoms with van der Waals surface area (Å²) < 4.78 is 0. The van der Waals surface area contributed by atoms with Gasteiger partial charge in [-0.3, -0.25) is 0 Å². The highest BCUT2D eigenvalue weighted by atomic mass is 35.5. The minimum Gasteiger partial charge on any atom is -0.352 e. The minimum atomic E-state index is 0.345. The van der Waals surface area contributed by atoms with Crippen molar-refractivity contribution in [2.45, 2.75) is 26.2 Å². The van der Waals surface area contributed by atoms with Crippen LogP contribution in [0.15, 0.2) is 18.5 Å². The Kier molecular flexibility index (Phi) is 4.36. The van der Waals surface area contributed by atoms with Gasteiger partial charge in [-0.2, -0.15) is 4.98 Å². The van der Waals surface area contributed by atoms with Gasteiger partial charge in [-0.1, -0.05) is 6.92 Å². The minimum absolute atomic E-state index is 0.345. The van der Waals surface area contributed by atoms with Crippen molar-refractivity contribution in [3.8, 4) is 0 Å². The number of nitrogens with zero attached hydrogens (tertiary/aromatic N) is 6. The van der Waals surface area contributed by atoms with E-state index in [1.165, 1.54) is 22.2 Å². The van der Waals surface area contributed by atoms with Gasteiger partial charge in [-0.25, -0.2) is 15.0 Å². The summed E-state index contributed by atoms with van der Waals surface area (Å²) in [6, 6.07) is 1.85. The number of aryl methyl sites for hydroxylation is 1. The van der Waals surface area contributed by atoms with E-state index in [4.69, 9.17) is 11.6 Å². The summed E-state index contributed by atoms with van der Waals surface area (Å²) in [5, 5.41) is 1.58. The normalized spacial score (nSPS) is 20.1. The van der Waals surface area contributed by atoms with Crippen molar-refractivity contribution in [2.75, 3.05) is 36.0 Å². The fourth-order valence-corrected chi connectivity index (χ4v) is 5.69. The van der Waals surface area contributed by atoms with E-state index in [-0.39, 0.29) is 0 Å². The zero-order valence-electron chi connectivity index (χ0n) is 15.2. The Balaban J connectivity index is 1.47. The Labute approximate surface area is 167 Å². The average Bonchev–Trinajstić information content (AvgIpc) is 3.05. The molecule has 1 fully saturated rings. The molecular weight excluding hydrogens is 380 g/mol. The molecule has 1 aliphatic carbocycles. The second-order valence-electron chi connectivity index (χ2n) is 7.37. The Morgan fingerprint density at radius 3 is 2.59 bits per heavy atom. The molecule has 0 spiro atoms. The van der Waals surface area contributed by atoms with E-state index in [9.17, 15) is 0 Å². The van der Waals surface area contributed by atoms with Crippen molar-refractivity contribution in [1.82, 2.24) is 19.9 Å². The van der Waals surface area contributed by atoms with E-state index in [0.717, 1.165) is 61.5 Å². The fourth-order valence-electron chi connectivity index (χ4n) is 4.10.